The van der Waals surface area contributed by atoms with E-state index in [2.05, 4.69) is 50.0 Å². The minimum Gasteiger partial charge on any atom is -0.293 e. The summed E-state index contributed by atoms with van der Waals surface area (Å²) in [7, 11) is 0. The second-order valence-electron chi connectivity index (χ2n) is 4.73. The molecule has 3 rings (SSSR count). The van der Waals surface area contributed by atoms with E-state index in [-0.39, 0.29) is 11.7 Å². The van der Waals surface area contributed by atoms with Crippen LogP contribution in [0.1, 0.15) is 39.6 Å². The molecule has 0 saturated heterocycles. The van der Waals surface area contributed by atoms with Crippen molar-refractivity contribution in [2.24, 2.45) is 0 Å². The van der Waals surface area contributed by atoms with Crippen molar-refractivity contribution < 1.29 is 4.79 Å². The third-order valence-electron chi connectivity index (χ3n) is 3.56. The highest BCUT2D eigenvalue weighted by atomic mass is 127. The van der Waals surface area contributed by atoms with Gasteiger partial charge in [-0.3, -0.25) is 4.79 Å². The van der Waals surface area contributed by atoms with Crippen molar-refractivity contribution in [3.05, 3.63) is 53.7 Å². The first-order valence-electron chi connectivity index (χ1n) is 6.22. The summed E-state index contributed by atoms with van der Waals surface area (Å²) in [6.07, 6.45) is 3.22. The van der Waals surface area contributed by atoms with E-state index >= 15 is 0 Å². The Kier molecular flexibility index (Phi) is 4.10. The monoisotopic (exact) mass is 446 g/mol. The first kappa shape index (κ1) is 13.8. The lowest BCUT2D eigenvalue weighted by molar-refractivity contribution is 0.0950. The van der Waals surface area contributed by atoms with Gasteiger partial charge in [-0.25, -0.2) is 0 Å². The number of hydrogen-bond donors (Lipinski definition) is 0. The van der Waals surface area contributed by atoms with Crippen molar-refractivity contribution in [3.8, 4) is 0 Å². The van der Waals surface area contributed by atoms with Crippen molar-refractivity contribution in [1.29, 1.82) is 0 Å². The maximum absolute atomic E-state index is 12.8. The molecule has 1 heterocycles. The maximum Gasteiger partial charge on any atom is 0.171 e. The van der Waals surface area contributed by atoms with Crippen LogP contribution in [0.25, 0.3) is 0 Å². The van der Waals surface area contributed by atoms with Crippen LogP contribution >= 0.6 is 49.9 Å². The molecule has 0 spiro atoms. The number of Topliss-reactive ketones (excluding diaryl/α,β-unsaturated/α-hetero) is 1. The first-order chi connectivity index (χ1) is 9.16. The zero-order valence-corrected chi connectivity index (χ0v) is 14.7. The van der Waals surface area contributed by atoms with Gasteiger partial charge in [0.1, 0.15) is 0 Å². The molecule has 0 amide bonds. The highest BCUT2D eigenvalue weighted by Gasteiger charge is 2.29. The Bertz CT molecular complexity index is 635. The van der Waals surface area contributed by atoms with Crippen LogP contribution < -0.4 is 0 Å². The molecule has 1 aromatic heterocycles. The van der Waals surface area contributed by atoms with Crippen LogP contribution in [0.2, 0.25) is 0 Å². The molecular weight excluding hydrogens is 435 g/mol. The van der Waals surface area contributed by atoms with Crippen LogP contribution in [-0.2, 0) is 6.42 Å². The highest BCUT2D eigenvalue weighted by molar-refractivity contribution is 14.1. The lowest BCUT2D eigenvalue weighted by Crippen LogP contribution is -2.17. The predicted octanol–water partition coefficient (Wildman–Crippen LogP) is 5.42. The second-order valence-corrected chi connectivity index (χ2v) is 7.83. The zero-order chi connectivity index (χ0) is 13.4. The number of thiophene rings is 1. The predicted molar refractivity (Wildman–Crippen MR) is 91.2 cm³/mol. The van der Waals surface area contributed by atoms with Gasteiger partial charge in [0, 0.05) is 24.4 Å². The molecule has 0 radical (unpaired) electrons. The molecule has 1 nitrogen and oxygen atoms in total. The van der Waals surface area contributed by atoms with Gasteiger partial charge < -0.3 is 0 Å². The normalized spacial score (nSPS) is 18.1. The summed E-state index contributed by atoms with van der Waals surface area (Å²) in [5, 5.41) is 2.11. The molecular formula is C15H12BrIOS. The largest absolute Gasteiger partial charge is 0.293 e. The van der Waals surface area contributed by atoms with Gasteiger partial charge in [-0.05, 0) is 77.1 Å². The smallest absolute Gasteiger partial charge is 0.171 e. The topological polar surface area (TPSA) is 17.1 Å². The number of carbonyl (C=O) groups is 1. The van der Waals surface area contributed by atoms with Gasteiger partial charge in [0.15, 0.2) is 5.78 Å². The molecule has 0 saturated carbocycles. The molecule has 2 aromatic rings. The Hall–Kier alpha value is -0.200. The van der Waals surface area contributed by atoms with E-state index in [1.807, 2.05) is 18.2 Å². The van der Waals surface area contributed by atoms with Crippen LogP contribution in [-0.4, -0.2) is 5.78 Å². The molecule has 1 unspecified atom stereocenters. The Morgan fingerprint density at radius 2 is 2.21 bits per heavy atom. The third kappa shape index (κ3) is 2.67. The Morgan fingerprint density at radius 3 is 3.05 bits per heavy atom. The van der Waals surface area contributed by atoms with Crippen LogP contribution in [0, 0.1) is 3.57 Å². The van der Waals surface area contributed by atoms with Crippen LogP contribution in [0.5, 0.6) is 0 Å². The number of hydrogen-bond acceptors (Lipinski definition) is 2. The van der Waals surface area contributed by atoms with E-state index in [9.17, 15) is 4.79 Å². The molecule has 0 aliphatic heterocycles. The van der Waals surface area contributed by atoms with Gasteiger partial charge in [-0.2, -0.15) is 0 Å². The number of rotatable bonds is 2. The lowest BCUT2D eigenvalue weighted by Gasteiger charge is -2.22. The van der Waals surface area contributed by atoms with Crippen molar-refractivity contribution in [2.75, 3.05) is 0 Å². The Labute approximate surface area is 138 Å². The Balaban J connectivity index is 2.00. The van der Waals surface area contributed by atoms with Crippen molar-refractivity contribution in [3.63, 3.8) is 0 Å². The van der Waals surface area contributed by atoms with Gasteiger partial charge in [-0.15, -0.1) is 11.3 Å². The summed E-state index contributed by atoms with van der Waals surface area (Å²) in [6.45, 7) is 0. The first-order valence-corrected chi connectivity index (χ1v) is 8.97. The minimum atomic E-state index is 0.0458. The number of ketones is 1. The molecule has 0 N–H and O–H groups in total. The molecule has 4 heteroatoms. The molecule has 1 aliphatic rings. The third-order valence-corrected chi connectivity index (χ3v) is 5.92. The molecule has 0 fully saturated rings. The van der Waals surface area contributed by atoms with Gasteiger partial charge in [0.25, 0.3) is 0 Å². The number of halogens is 2. The van der Waals surface area contributed by atoms with Crippen molar-refractivity contribution in [2.45, 2.75) is 25.2 Å². The minimum absolute atomic E-state index is 0.0458. The zero-order valence-electron chi connectivity index (χ0n) is 10.2. The fourth-order valence-corrected chi connectivity index (χ4v) is 4.55. The van der Waals surface area contributed by atoms with E-state index in [4.69, 9.17) is 0 Å². The Morgan fingerprint density at radius 1 is 1.37 bits per heavy atom. The molecule has 19 heavy (non-hydrogen) atoms. The maximum atomic E-state index is 12.8. The van der Waals surface area contributed by atoms with Crippen LogP contribution in [0.3, 0.4) is 0 Å². The molecule has 98 valence electrons. The van der Waals surface area contributed by atoms with E-state index in [0.29, 0.717) is 0 Å². The van der Waals surface area contributed by atoms with Crippen LogP contribution in [0.15, 0.2) is 34.1 Å². The summed E-state index contributed by atoms with van der Waals surface area (Å²) < 4.78 is 2.01. The van der Waals surface area contributed by atoms with Crippen LogP contribution in [0.4, 0.5) is 0 Å². The molecule has 1 atom stereocenters. The van der Waals surface area contributed by atoms with Gasteiger partial charge in [0.05, 0.1) is 0 Å². The van der Waals surface area contributed by atoms with Gasteiger partial charge in [-0.1, -0.05) is 15.9 Å². The number of aryl methyl sites for hydroxylation is 1. The fraction of sp³-hybridized carbons (Fsp3) is 0.267. The standard InChI is InChI=1S/C15H12BrIOS/c16-13-5-4-9(17)8-12(13)15(18)11-2-1-3-14-10(11)6-7-19-14/h4-8,11H,1-3H2. The molecule has 1 aromatic carbocycles. The van der Waals surface area contributed by atoms with Gasteiger partial charge in [0.2, 0.25) is 0 Å². The lowest BCUT2D eigenvalue weighted by atomic mass is 9.82. The van der Waals surface area contributed by atoms with Crippen molar-refractivity contribution >= 4 is 55.6 Å². The van der Waals surface area contributed by atoms with Crippen molar-refractivity contribution in [1.82, 2.24) is 0 Å². The summed E-state index contributed by atoms with van der Waals surface area (Å²) in [5.74, 6) is 0.300. The second kappa shape index (κ2) is 5.66. The number of benzene rings is 1. The average molecular weight is 447 g/mol. The summed E-state index contributed by atoms with van der Waals surface area (Å²) >= 11 is 7.54. The SMILES string of the molecule is O=C(c1cc(I)ccc1Br)C1CCCc2sccc21. The number of carbonyl (C=O) groups excluding carboxylic acids is 1. The molecule has 0 bridgehead atoms. The highest BCUT2D eigenvalue weighted by Crippen LogP contribution is 2.38. The van der Waals surface area contributed by atoms with E-state index < -0.39 is 0 Å². The average Bonchev–Trinajstić information content (AvgIpc) is 2.89. The fourth-order valence-electron chi connectivity index (χ4n) is 2.63. The summed E-state index contributed by atoms with van der Waals surface area (Å²) in [6, 6.07) is 8.09. The quantitative estimate of drug-likeness (QED) is 0.444. The van der Waals surface area contributed by atoms with E-state index in [0.717, 1.165) is 32.9 Å². The van der Waals surface area contributed by atoms with Gasteiger partial charge >= 0.3 is 0 Å². The summed E-state index contributed by atoms with van der Waals surface area (Å²) in [4.78, 5) is 14.2. The summed E-state index contributed by atoms with van der Waals surface area (Å²) in [5.41, 5.74) is 2.07. The van der Waals surface area contributed by atoms with E-state index in [1.165, 1.54) is 10.4 Å². The van der Waals surface area contributed by atoms with E-state index in [1.54, 1.807) is 11.3 Å². The number of fused-ring (bicyclic) bond motifs is 1. The molecule has 1 aliphatic carbocycles.